The topological polar surface area (TPSA) is 95.9 Å². The van der Waals surface area contributed by atoms with Gasteiger partial charge >= 0.3 is 5.97 Å². The molecule has 0 aromatic heterocycles. The Balaban J connectivity index is 3.34. The number of carbonyl (C=O) groups is 2. The molecule has 2 atom stereocenters. The first-order valence-electron chi connectivity index (χ1n) is 42.6. The maximum absolute atomic E-state index is 12.6. The van der Waals surface area contributed by atoms with Gasteiger partial charge in [-0.25, -0.2) is 0 Å². The van der Waals surface area contributed by atoms with Crippen molar-refractivity contribution in [3.05, 3.63) is 24.3 Å². The van der Waals surface area contributed by atoms with Crippen molar-refractivity contribution < 1.29 is 24.5 Å². The van der Waals surface area contributed by atoms with Gasteiger partial charge in [0.2, 0.25) is 5.91 Å². The molecule has 0 spiro atoms. The summed E-state index contributed by atoms with van der Waals surface area (Å²) in [6.45, 7) is 5.02. The molecule has 6 heteroatoms. The molecule has 0 bridgehead atoms. The number of nitrogens with one attached hydrogen (secondary N) is 1. The molecule has 92 heavy (non-hydrogen) atoms. The average Bonchev–Trinajstić information content (AvgIpc) is 3.76. The van der Waals surface area contributed by atoms with Crippen LogP contribution in [0.15, 0.2) is 24.3 Å². The van der Waals surface area contributed by atoms with E-state index in [1.54, 1.807) is 0 Å². The Morgan fingerprint density at radius 3 is 0.826 bits per heavy atom. The Morgan fingerprint density at radius 2 is 0.543 bits per heavy atom. The predicted octanol–water partition coefficient (Wildman–Crippen LogP) is 28.4. The van der Waals surface area contributed by atoms with Crippen LogP contribution >= 0.6 is 0 Å². The third kappa shape index (κ3) is 77.3. The number of amides is 1. The van der Waals surface area contributed by atoms with Gasteiger partial charge in [-0.3, -0.25) is 9.59 Å². The summed E-state index contributed by atoms with van der Waals surface area (Å²) in [5.74, 6) is -0.00153. The van der Waals surface area contributed by atoms with Gasteiger partial charge in [0.25, 0.3) is 0 Å². The summed E-state index contributed by atoms with van der Waals surface area (Å²) in [5.41, 5.74) is 0. The van der Waals surface area contributed by atoms with Crippen LogP contribution in [0.2, 0.25) is 0 Å². The lowest BCUT2D eigenvalue weighted by molar-refractivity contribution is -0.143. The van der Waals surface area contributed by atoms with Gasteiger partial charge in [0, 0.05) is 12.8 Å². The van der Waals surface area contributed by atoms with E-state index in [4.69, 9.17) is 4.74 Å². The van der Waals surface area contributed by atoms with E-state index in [0.717, 1.165) is 44.9 Å². The highest BCUT2D eigenvalue weighted by Gasteiger charge is 2.20. The molecular formula is C86H167NO5. The van der Waals surface area contributed by atoms with E-state index in [1.165, 1.54) is 411 Å². The zero-order valence-corrected chi connectivity index (χ0v) is 62.8. The molecule has 0 aliphatic heterocycles. The third-order valence-corrected chi connectivity index (χ3v) is 20.3. The minimum atomic E-state index is -0.663. The second-order valence-electron chi connectivity index (χ2n) is 29.5. The summed E-state index contributed by atoms with van der Waals surface area (Å²) in [6, 6.07) is -0.540. The number of unbranched alkanes of at least 4 members (excludes halogenated alkanes) is 66. The van der Waals surface area contributed by atoms with E-state index >= 15 is 0 Å². The van der Waals surface area contributed by atoms with Crippen molar-refractivity contribution in [3.8, 4) is 0 Å². The lowest BCUT2D eigenvalue weighted by Gasteiger charge is -2.22. The number of hydrogen-bond donors (Lipinski definition) is 3. The summed E-state index contributed by atoms with van der Waals surface area (Å²) in [5, 5.41) is 23.5. The fourth-order valence-electron chi connectivity index (χ4n) is 13.8. The normalized spacial score (nSPS) is 12.5. The van der Waals surface area contributed by atoms with E-state index in [1.807, 2.05) is 0 Å². The minimum absolute atomic E-state index is 0.0249. The second kappa shape index (κ2) is 81.8. The van der Waals surface area contributed by atoms with Gasteiger partial charge in [0.15, 0.2) is 0 Å². The molecule has 546 valence electrons. The fourth-order valence-corrected chi connectivity index (χ4v) is 13.8. The highest BCUT2D eigenvalue weighted by Crippen LogP contribution is 2.21. The Kier molecular flexibility index (Phi) is 80.3. The van der Waals surface area contributed by atoms with Crippen molar-refractivity contribution in [2.45, 2.75) is 501 Å². The van der Waals surface area contributed by atoms with Gasteiger partial charge in [-0.1, -0.05) is 443 Å². The molecule has 0 aromatic rings. The molecule has 0 saturated carbocycles. The molecular weight excluding hydrogens is 1130 g/mol. The second-order valence-corrected chi connectivity index (χ2v) is 29.5. The van der Waals surface area contributed by atoms with E-state index in [0.29, 0.717) is 25.9 Å². The molecule has 0 aromatic carbocycles. The van der Waals surface area contributed by atoms with Crippen molar-refractivity contribution in [2.75, 3.05) is 13.2 Å². The van der Waals surface area contributed by atoms with Crippen LogP contribution in [0, 0.1) is 0 Å². The number of aliphatic hydroxyl groups excluding tert-OH is 2. The van der Waals surface area contributed by atoms with Crippen LogP contribution in [0.5, 0.6) is 0 Å². The fraction of sp³-hybridized carbons (Fsp3) is 0.930. The van der Waals surface area contributed by atoms with Crippen LogP contribution in [0.1, 0.15) is 489 Å². The zero-order valence-electron chi connectivity index (χ0n) is 62.8. The van der Waals surface area contributed by atoms with Crippen molar-refractivity contribution in [1.82, 2.24) is 5.32 Å². The molecule has 0 rings (SSSR count). The number of carbonyl (C=O) groups excluding carboxylic acids is 2. The van der Waals surface area contributed by atoms with Crippen molar-refractivity contribution in [2.24, 2.45) is 0 Å². The first kappa shape index (κ1) is 90.3. The number of allylic oxidation sites excluding steroid dienone is 4. The smallest absolute Gasteiger partial charge is 0.305 e. The molecule has 0 heterocycles. The quantitative estimate of drug-likeness (QED) is 0.0320. The number of rotatable bonds is 81. The van der Waals surface area contributed by atoms with E-state index in [9.17, 15) is 19.8 Å². The molecule has 0 fully saturated rings. The van der Waals surface area contributed by atoms with Gasteiger partial charge in [-0.15, -0.1) is 0 Å². The van der Waals surface area contributed by atoms with Crippen LogP contribution in [-0.4, -0.2) is 47.4 Å². The Bertz CT molecular complexity index is 1450. The van der Waals surface area contributed by atoms with E-state index in [2.05, 4.69) is 43.5 Å². The van der Waals surface area contributed by atoms with Crippen LogP contribution in [0.4, 0.5) is 0 Å². The molecule has 0 aliphatic rings. The standard InChI is InChI=1S/C86H167NO5/c1-3-5-7-9-11-13-15-17-19-21-22-44-47-50-54-58-62-66-70-74-78-84(89)83(82-88)87-85(90)79-75-71-67-63-59-55-51-48-45-42-40-38-36-34-32-30-28-26-24-23-25-27-29-31-33-35-37-39-41-43-46-49-53-57-61-65-69-73-77-81-92-86(91)80-76-72-68-64-60-56-52-20-18-16-14-12-10-8-6-4-2/h23-24,27,29,83-84,88-89H,3-22,25-26,28,30-82H2,1-2H3,(H,87,90)/b24-23-,29-27-. The van der Waals surface area contributed by atoms with Gasteiger partial charge in [0.1, 0.15) is 0 Å². The van der Waals surface area contributed by atoms with Crippen molar-refractivity contribution in [3.63, 3.8) is 0 Å². The van der Waals surface area contributed by atoms with Crippen LogP contribution < -0.4 is 5.32 Å². The van der Waals surface area contributed by atoms with Crippen LogP contribution in [0.25, 0.3) is 0 Å². The average molecular weight is 1300 g/mol. The molecule has 2 unspecified atom stereocenters. The van der Waals surface area contributed by atoms with Gasteiger partial charge in [-0.05, 0) is 57.8 Å². The summed E-state index contributed by atoms with van der Waals surface area (Å²) in [6.07, 6.45) is 106. The SMILES string of the molecule is CCCCCCCCCCCCCCCCCCCCCCC(O)C(CO)NC(=O)CCCCCCCCCCCCCCCCCCC/C=C\C/C=C\CCCCCCCCCCCCCCCCCOC(=O)CCCCCCCCCCCCCCCCCC. The van der Waals surface area contributed by atoms with Crippen molar-refractivity contribution in [1.29, 1.82) is 0 Å². The highest BCUT2D eigenvalue weighted by molar-refractivity contribution is 5.76. The summed E-state index contributed by atoms with van der Waals surface area (Å²) >= 11 is 0. The van der Waals surface area contributed by atoms with Gasteiger partial charge < -0.3 is 20.3 Å². The largest absolute Gasteiger partial charge is 0.466 e. The maximum Gasteiger partial charge on any atom is 0.305 e. The lowest BCUT2D eigenvalue weighted by atomic mass is 10.0. The van der Waals surface area contributed by atoms with E-state index < -0.39 is 12.1 Å². The Labute approximate surface area is 577 Å². The molecule has 6 nitrogen and oxygen atoms in total. The van der Waals surface area contributed by atoms with Gasteiger partial charge in [0.05, 0.1) is 25.4 Å². The summed E-state index contributed by atoms with van der Waals surface area (Å²) in [7, 11) is 0. The first-order valence-corrected chi connectivity index (χ1v) is 42.6. The number of esters is 1. The molecule has 3 N–H and O–H groups in total. The van der Waals surface area contributed by atoms with Crippen LogP contribution in [0.3, 0.4) is 0 Å². The maximum atomic E-state index is 12.6. The lowest BCUT2D eigenvalue weighted by Crippen LogP contribution is -2.45. The van der Waals surface area contributed by atoms with E-state index in [-0.39, 0.29) is 18.5 Å². The first-order chi connectivity index (χ1) is 45.5. The highest BCUT2D eigenvalue weighted by atomic mass is 16.5. The number of hydrogen-bond acceptors (Lipinski definition) is 5. The predicted molar refractivity (Wildman–Crippen MR) is 407 cm³/mol. The Morgan fingerprint density at radius 1 is 0.304 bits per heavy atom. The number of aliphatic hydroxyl groups is 2. The molecule has 0 aliphatic carbocycles. The van der Waals surface area contributed by atoms with Gasteiger partial charge in [-0.2, -0.15) is 0 Å². The number of ether oxygens (including phenoxy) is 1. The third-order valence-electron chi connectivity index (χ3n) is 20.3. The monoisotopic (exact) mass is 1290 g/mol. The molecule has 0 saturated heterocycles. The summed E-state index contributed by atoms with van der Waals surface area (Å²) in [4.78, 5) is 24.7. The molecule has 1 amide bonds. The Hall–Kier alpha value is -1.66. The van der Waals surface area contributed by atoms with Crippen molar-refractivity contribution >= 4 is 11.9 Å². The summed E-state index contributed by atoms with van der Waals surface area (Å²) < 4.78 is 5.51. The molecule has 0 radical (unpaired) electrons. The van der Waals surface area contributed by atoms with Crippen LogP contribution in [-0.2, 0) is 14.3 Å². The minimum Gasteiger partial charge on any atom is -0.466 e. The zero-order chi connectivity index (χ0) is 66.3.